The first-order valence-corrected chi connectivity index (χ1v) is 5.12. The van der Waals surface area contributed by atoms with Crippen LogP contribution in [0, 0.1) is 0 Å². The molecule has 0 unspecified atom stereocenters. The Labute approximate surface area is 91.1 Å². The Balaban J connectivity index is 2.59. The number of anilines is 1. The number of nitrogens with two attached hydrogens (primary N) is 1. The highest BCUT2D eigenvalue weighted by Gasteiger charge is 2.05. The van der Waals surface area contributed by atoms with Crippen molar-refractivity contribution in [1.82, 2.24) is 4.98 Å². The normalized spacial score (nSPS) is 10.3. The van der Waals surface area contributed by atoms with E-state index < -0.39 is 0 Å². The summed E-state index contributed by atoms with van der Waals surface area (Å²) in [5.74, 6) is 0. The average Bonchev–Trinajstić information content (AvgIpc) is 2.29. The smallest absolute Gasteiger partial charge is 0.0595 e. The maximum Gasteiger partial charge on any atom is 0.0595 e. The van der Waals surface area contributed by atoms with Gasteiger partial charge in [-0.3, -0.25) is 4.98 Å². The predicted octanol–water partition coefficient (Wildman–Crippen LogP) is 1.01. The van der Waals surface area contributed by atoms with E-state index in [-0.39, 0.29) is 0 Å². The van der Waals surface area contributed by atoms with Gasteiger partial charge < -0.3 is 15.4 Å². The van der Waals surface area contributed by atoms with Gasteiger partial charge in [0.25, 0.3) is 0 Å². The van der Waals surface area contributed by atoms with Gasteiger partial charge in [0.1, 0.15) is 0 Å². The Kier molecular flexibility index (Phi) is 5.07. The Hall–Kier alpha value is -1.13. The number of hydrogen-bond donors (Lipinski definition) is 1. The lowest BCUT2D eigenvalue weighted by atomic mass is 10.2. The monoisotopic (exact) mass is 209 g/mol. The Bertz CT molecular complexity index is 291. The van der Waals surface area contributed by atoms with Crippen LogP contribution in [0.25, 0.3) is 0 Å². The van der Waals surface area contributed by atoms with Crippen molar-refractivity contribution in [3.05, 3.63) is 24.0 Å². The standard InChI is InChI=1S/C11H19N3O/c1-14(6-3-7-15-2)11-9-13-5-4-10(11)8-12/h4-5,9H,3,6-8,12H2,1-2H3. The van der Waals surface area contributed by atoms with Crippen LogP contribution in [0.2, 0.25) is 0 Å². The summed E-state index contributed by atoms with van der Waals surface area (Å²) in [5.41, 5.74) is 7.90. The van der Waals surface area contributed by atoms with E-state index in [0.29, 0.717) is 6.54 Å². The highest BCUT2D eigenvalue weighted by molar-refractivity contribution is 5.50. The first kappa shape index (κ1) is 11.9. The van der Waals surface area contributed by atoms with Gasteiger partial charge in [-0.25, -0.2) is 0 Å². The van der Waals surface area contributed by atoms with Crippen molar-refractivity contribution < 1.29 is 4.74 Å². The molecular weight excluding hydrogens is 190 g/mol. The largest absolute Gasteiger partial charge is 0.385 e. The van der Waals surface area contributed by atoms with Crippen molar-refractivity contribution in [2.75, 3.05) is 32.2 Å². The SMILES string of the molecule is COCCCN(C)c1cnccc1CN. The van der Waals surface area contributed by atoms with Crippen molar-refractivity contribution in [2.45, 2.75) is 13.0 Å². The van der Waals surface area contributed by atoms with E-state index in [2.05, 4.69) is 9.88 Å². The lowest BCUT2D eigenvalue weighted by Gasteiger charge is -2.21. The second kappa shape index (κ2) is 6.37. The molecule has 0 aliphatic heterocycles. The summed E-state index contributed by atoms with van der Waals surface area (Å²) in [6.45, 7) is 2.28. The molecule has 0 fully saturated rings. The van der Waals surface area contributed by atoms with Crippen LogP contribution in [0.4, 0.5) is 5.69 Å². The van der Waals surface area contributed by atoms with E-state index in [4.69, 9.17) is 10.5 Å². The third-order valence-electron chi connectivity index (χ3n) is 2.36. The van der Waals surface area contributed by atoms with Crippen molar-refractivity contribution in [2.24, 2.45) is 5.73 Å². The van der Waals surface area contributed by atoms with Crippen LogP contribution in [0.1, 0.15) is 12.0 Å². The quantitative estimate of drug-likeness (QED) is 0.710. The van der Waals surface area contributed by atoms with Gasteiger partial charge in [0.15, 0.2) is 0 Å². The Morgan fingerprint density at radius 3 is 3.00 bits per heavy atom. The fourth-order valence-corrected chi connectivity index (χ4v) is 1.50. The van der Waals surface area contributed by atoms with Gasteiger partial charge in [-0.05, 0) is 18.1 Å². The van der Waals surface area contributed by atoms with Crippen LogP contribution in [0.5, 0.6) is 0 Å². The summed E-state index contributed by atoms with van der Waals surface area (Å²) in [6, 6.07) is 1.96. The van der Waals surface area contributed by atoms with E-state index in [9.17, 15) is 0 Å². The van der Waals surface area contributed by atoms with Crippen molar-refractivity contribution in [1.29, 1.82) is 0 Å². The molecule has 1 heterocycles. The third-order valence-corrected chi connectivity index (χ3v) is 2.36. The summed E-state index contributed by atoms with van der Waals surface area (Å²) in [5, 5.41) is 0. The van der Waals surface area contributed by atoms with E-state index in [0.717, 1.165) is 30.8 Å². The number of methoxy groups -OCH3 is 1. The van der Waals surface area contributed by atoms with Gasteiger partial charge in [0.05, 0.1) is 11.9 Å². The van der Waals surface area contributed by atoms with Crippen LogP contribution in [-0.2, 0) is 11.3 Å². The topological polar surface area (TPSA) is 51.4 Å². The summed E-state index contributed by atoms with van der Waals surface area (Å²) in [7, 11) is 3.77. The maximum absolute atomic E-state index is 5.66. The zero-order valence-corrected chi connectivity index (χ0v) is 9.44. The van der Waals surface area contributed by atoms with E-state index >= 15 is 0 Å². The van der Waals surface area contributed by atoms with E-state index in [1.54, 1.807) is 13.3 Å². The van der Waals surface area contributed by atoms with Gasteiger partial charge in [-0.15, -0.1) is 0 Å². The lowest BCUT2D eigenvalue weighted by Crippen LogP contribution is -2.21. The highest BCUT2D eigenvalue weighted by Crippen LogP contribution is 2.16. The molecule has 2 N–H and O–H groups in total. The molecule has 84 valence electrons. The second-order valence-corrected chi connectivity index (χ2v) is 3.48. The molecule has 1 aromatic rings. The minimum Gasteiger partial charge on any atom is -0.385 e. The maximum atomic E-state index is 5.66. The van der Waals surface area contributed by atoms with Gasteiger partial charge in [0.2, 0.25) is 0 Å². The first-order valence-electron chi connectivity index (χ1n) is 5.12. The molecule has 0 bridgehead atoms. The number of hydrogen-bond acceptors (Lipinski definition) is 4. The minimum absolute atomic E-state index is 0.548. The van der Waals surface area contributed by atoms with Gasteiger partial charge in [-0.1, -0.05) is 0 Å². The van der Waals surface area contributed by atoms with Crippen molar-refractivity contribution in [3.63, 3.8) is 0 Å². The predicted molar refractivity (Wildman–Crippen MR) is 61.9 cm³/mol. The molecule has 0 saturated heterocycles. The lowest BCUT2D eigenvalue weighted by molar-refractivity contribution is 0.196. The van der Waals surface area contributed by atoms with Gasteiger partial charge >= 0.3 is 0 Å². The first-order chi connectivity index (χ1) is 7.29. The second-order valence-electron chi connectivity index (χ2n) is 3.48. The molecule has 1 rings (SSSR count). The van der Waals surface area contributed by atoms with Gasteiger partial charge in [0, 0.05) is 40.1 Å². The molecule has 0 saturated carbocycles. The summed E-state index contributed by atoms with van der Waals surface area (Å²) < 4.78 is 5.02. The summed E-state index contributed by atoms with van der Waals surface area (Å²) in [6.07, 6.45) is 4.63. The zero-order valence-electron chi connectivity index (χ0n) is 9.44. The molecule has 0 spiro atoms. The molecular formula is C11H19N3O. The molecule has 4 nitrogen and oxygen atoms in total. The molecule has 0 aliphatic carbocycles. The fraction of sp³-hybridized carbons (Fsp3) is 0.545. The fourth-order valence-electron chi connectivity index (χ4n) is 1.50. The van der Waals surface area contributed by atoms with Crippen LogP contribution in [-0.4, -0.2) is 32.3 Å². The molecule has 4 heteroatoms. The average molecular weight is 209 g/mol. The highest BCUT2D eigenvalue weighted by atomic mass is 16.5. The summed E-state index contributed by atoms with van der Waals surface area (Å²) >= 11 is 0. The minimum atomic E-state index is 0.548. The van der Waals surface area contributed by atoms with E-state index in [1.165, 1.54) is 0 Å². The van der Waals surface area contributed by atoms with Crippen molar-refractivity contribution in [3.8, 4) is 0 Å². The summed E-state index contributed by atoms with van der Waals surface area (Å²) in [4.78, 5) is 6.28. The third kappa shape index (κ3) is 3.49. The van der Waals surface area contributed by atoms with E-state index in [1.807, 2.05) is 19.3 Å². The van der Waals surface area contributed by atoms with Crippen LogP contribution in [0.3, 0.4) is 0 Å². The Morgan fingerprint density at radius 1 is 1.53 bits per heavy atom. The van der Waals surface area contributed by atoms with Crippen LogP contribution < -0.4 is 10.6 Å². The number of nitrogens with zero attached hydrogens (tertiary/aromatic N) is 2. The molecule has 0 radical (unpaired) electrons. The Morgan fingerprint density at radius 2 is 2.33 bits per heavy atom. The number of aromatic nitrogens is 1. The zero-order chi connectivity index (χ0) is 11.1. The molecule has 0 atom stereocenters. The molecule has 15 heavy (non-hydrogen) atoms. The van der Waals surface area contributed by atoms with Crippen molar-refractivity contribution >= 4 is 5.69 Å². The number of pyridine rings is 1. The van der Waals surface area contributed by atoms with Crippen LogP contribution in [0.15, 0.2) is 18.5 Å². The number of rotatable bonds is 6. The van der Waals surface area contributed by atoms with Gasteiger partial charge in [-0.2, -0.15) is 0 Å². The number of ether oxygens (including phenoxy) is 1. The molecule has 1 aromatic heterocycles. The molecule has 0 amide bonds. The van der Waals surface area contributed by atoms with Crippen LogP contribution >= 0.6 is 0 Å². The molecule has 0 aromatic carbocycles. The molecule has 0 aliphatic rings.